The van der Waals surface area contributed by atoms with E-state index in [9.17, 15) is 39.5 Å². The van der Waals surface area contributed by atoms with Crippen molar-refractivity contribution in [2.24, 2.45) is 0 Å². The van der Waals surface area contributed by atoms with Gasteiger partial charge in [-0.2, -0.15) is 0 Å². The van der Waals surface area contributed by atoms with Gasteiger partial charge >= 0.3 is 121 Å². The third-order valence-electron chi connectivity index (χ3n) is 1.73. The van der Waals surface area contributed by atoms with Crippen molar-refractivity contribution in [2.45, 2.75) is 18.5 Å². The van der Waals surface area contributed by atoms with Gasteiger partial charge in [0.1, 0.15) is 0 Å². The molecule has 0 atom stereocenters. The number of halogens is 9. The summed E-state index contributed by atoms with van der Waals surface area (Å²) in [5.74, 6) is 0.999. The molecule has 5 nitrogen and oxygen atoms in total. The molecular weight excluding hydrogens is 374 g/mol. The van der Waals surface area contributed by atoms with Crippen molar-refractivity contribution in [3.8, 4) is 11.6 Å². The van der Waals surface area contributed by atoms with Gasteiger partial charge < -0.3 is 0 Å². The summed E-state index contributed by atoms with van der Waals surface area (Å²) in [6.07, 6.45) is -15.8. The summed E-state index contributed by atoms with van der Waals surface area (Å²) in [7, 11) is -6.66. The Bertz CT molecular complexity index is 435. The Kier molecular flexibility index (Phi) is 6.26. The fourth-order valence-corrected chi connectivity index (χ4v) is 2.64. The average Bonchev–Trinajstić information content (AvgIpc) is 2.37. The predicted octanol–water partition coefficient (Wildman–Crippen LogP) is 3.98. The molecule has 0 spiro atoms. The van der Waals surface area contributed by atoms with Gasteiger partial charge in [-0.1, -0.05) is 0 Å². The molecule has 0 heterocycles. The molecule has 0 aromatic rings. The number of rotatable bonds is 6. The average molecular weight is 380 g/mol. The molecule has 0 amide bonds. The maximum atomic E-state index is 12.1. The number of hydrogen-bond acceptors (Lipinski definition) is 5. The number of alkyl halides is 9. The zero-order valence-electron chi connectivity index (χ0n) is 10.6. The topological polar surface area (TPSA) is 75.3 Å². The Morgan fingerprint density at radius 1 is 0.609 bits per heavy atom. The Labute approximate surface area is 122 Å². The first-order valence-electron chi connectivity index (χ1n) is 5.07. The van der Waals surface area contributed by atoms with E-state index in [0.717, 1.165) is 0 Å². The third-order valence-corrected chi connectivity index (χ3v) is 4.22. The molecule has 0 aromatic carbocycles. The molecule has 134 valence electrons. The summed E-state index contributed by atoms with van der Waals surface area (Å²) in [5, 5.41) is 17.5. The van der Waals surface area contributed by atoms with E-state index in [4.69, 9.17) is 10.5 Å². The fraction of sp³-hybridized carbons (Fsp3) is 0.750. The van der Waals surface area contributed by atoms with Crippen LogP contribution in [-0.2, 0) is 13.6 Å². The first-order chi connectivity index (χ1) is 10.1. The van der Waals surface area contributed by atoms with E-state index in [1.807, 2.05) is 0 Å². The van der Waals surface area contributed by atoms with Gasteiger partial charge in [0.2, 0.25) is 0 Å². The zero-order chi connectivity index (χ0) is 18.6. The van der Waals surface area contributed by atoms with Gasteiger partial charge in [-0.3, -0.25) is 0 Å². The Hall–Kier alpha value is -1.34. The Balaban J connectivity index is 5.67. The minimum absolute atomic E-state index is 0.499. The van der Waals surface area contributed by atoms with Gasteiger partial charge in [0.25, 0.3) is 0 Å². The first-order valence-corrected chi connectivity index (χ1v) is 7.06. The summed E-state index contributed by atoms with van der Waals surface area (Å²) in [5.41, 5.74) is 0. The van der Waals surface area contributed by atoms with Crippen LogP contribution >= 0.6 is 7.28 Å². The normalized spacial score (nSPS) is 15.3. The van der Waals surface area contributed by atoms with Crippen LogP contribution in [0, 0.1) is 22.1 Å². The second kappa shape index (κ2) is 6.65. The minimum atomic E-state index is -6.66. The van der Waals surface area contributed by atoms with E-state index in [0.29, 0.717) is 11.6 Å². The van der Waals surface area contributed by atoms with Gasteiger partial charge in [0.05, 0.1) is 0 Å². The summed E-state index contributed by atoms with van der Waals surface area (Å²) >= 11 is 0. The van der Waals surface area contributed by atoms with Crippen LogP contribution in [0.1, 0.15) is 0 Å². The van der Waals surface area contributed by atoms with Crippen LogP contribution in [0.5, 0.6) is 0 Å². The predicted molar refractivity (Wildman–Crippen MR) is 54.2 cm³/mol. The van der Waals surface area contributed by atoms with E-state index in [2.05, 4.69) is 13.6 Å². The molecule has 0 aromatic heterocycles. The molecule has 0 aliphatic rings. The van der Waals surface area contributed by atoms with Crippen molar-refractivity contribution in [3.05, 3.63) is 0 Å². The van der Waals surface area contributed by atoms with Crippen LogP contribution in [0.4, 0.5) is 39.5 Å². The van der Waals surface area contributed by atoms with Crippen LogP contribution in [0.3, 0.4) is 0 Å². The molecule has 0 N–H and O–H groups in total. The molecule has 0 rings (SSSR count). The first kappa shape index (κ1) is 21.7. The monoisotopic (exact) mass is 380 g/mol. The Morgan fingerprint density at radius 3 is 0.957 bits per heavy atom. The van der Waals surface area contributed by atoms with Crippen LogP contribution in [0.15, 0.2) is 0 Å². The van der Waals surface area contributed by atoms with Crippen molar-refractivity contribution in [2.75, 3.05) is 19.8 Å². The summed E-state index contributed by atoms with van der Waals surface area (Å²) in [4.78, 5) is 0. The summed E-state index contributed by atoms with van der Waals surface area (Å²) < 4.78 is 120. The standard InChI is InChI=1S/C8H6F9N2O3P/c9-6(10,11)1-20-23(4-18,5-19,21-2-7(12,13)14)22-3-8(15,16)17/h1-3H2. The molecule has 0 unspecified atom stereocenters. The van der Waals surface area contributed by atoms with Crippen LogP contribution in [0.25, 0.3) is 0 Å². The molecule has 0 bridgehead atoms. The number of nitrogens with zero attached hydrogens (tertiary/aromatic N) is 2. The third kappa shape index (κ3) is 7.65. The molecule has 0 saturated carbocycles. The van der Waals surface area contributed by atoms with Crippen molar-refractivity contribution < 1.29 is 53.1 Å². The van der Waals surface area contributed by atoms with E-state index < -0.39 is 45.6 Å². The van der Waals surface area contributed by atoms with Gasteiger partial charge in [0.15, 0.2) is 0 Å². The molecule has 0 radical (unpaired) electrons. The SMILES string of the molecule is N#CP(C#N)(OCC(F)(F)F)(OCC(F)(F)F)OCC(F)(F)F. The van der Waals surface area contributed by atoms with Crippen LogP contribution < -0.4 is 0 Å². The van der Waals surface area contributed by atoms with Crippen molar-refractivity contribution in [3.63, 3.8) is 0 Å². The zero-order valence-corrected chi connectivity index (χ0v) is 11.5. The summed E-state index contributed by atoms with van der Waals surface area (Å²) in [6, 6.07) is 0. The molecule has 15 heteroatoms. The van der Waals surface area contributed by atoms with Gasteiger partial charge in [-0.25, -0.2) is 0 Å². The van der Waals surface area contributed by atoms with Crippen molar-refractivity contribution >= 4 is 7.28 Å². The van der Waals surface area contributed by atoms with Crippen molar-refractivity contribution in [1.29, 1.82) is 10.5 Å². The Morgan fingerprint density at radius 2 is 0.826 bits per heavy atom. The van der Waals surface area contributed by atoms with E-state index in [1.54, 1.807) is 0 Å². The van der Waals surface area contributed by atoms with Gasteiger partial charge in [-0.05, 0) is 0 Å². The molecule has 0 saturated heterocycles. The van der Waals surface area contributed by atoms with Gasteiger partial charge in [0, 0.05) is 0 Å². The van der Waals surface area contributed by atoms with Crippen molar-refractivity contribution in [1.82, 2.24) is 0 Å². The molecule has 0 aliphatic carbocycles. The number of hydrogen-bond donors (Lipinski definition) is 0. The van der Waals surface area contributed by atoms with Gasteiger partial charge in [-0.15, -0.1) is 0 Å². The van der Waals surface area contributed by atoms with E-state index in [1.165, 1.54) is 0 Å². The fourth-order valence-electron chi connectivity index (χ4n) is 0.879. The molecular formula is C8H6F9N2O3P. The van der Waals surface area contributed by atoms with E-state index in [-0.39, 0.29) is 0 Å². The molecule has 0 fully saturated rings. The second-order valence-corrected chi connectivity index (χ2v) is 6.69. The van der Waals surface area contributed by atoms with Crippen LogP contribution in [0.2, 0.25) is 0 Å². The van der Waals surface area contributed by atoms with E-state index >= 15 is 0 Å². The molecule has 23 heavy (non-hydrogen) atoms. The number of nitriles is 2. The quantitative estimate of drug-likeness (QED) is 0.515. The maximum absolute atomic E-state index is 12.1. The van der Waals surface area contributed by atoms with Crippen LogP contribution in [-0.4, -0.2) is 38.3 Å². The summed E-state index contributed by atoms with van der Waals surface area (Å²) in [6.45, 7) is -7.58. The molecule has 0 aliphatic heterocycles. The second-order valence-electron chi connectivity index (χ2n) is 3.75.